The van der Waals surface area contributed by atoms with Gasteiger partial charge in [-0.05, 0) is 36.4 Å². The van der Waals surface area contributed by atoms with E-state index in [2.05, 4.69) is 14.9 Å². The summed E-state index contributed by atoms with van der Waals surface area (Å²) in [6.07, 6.45) is 0. The number of benzene rings is 2. The van der Waals surface area contributed by atoms with Crippen LogP contribution in [0, 0.1) is 0 Å². The van der Waals surface area contributed by atoms with Crippen LogP contribution in [0.5, 0.6) is 5.75 Å². The molecule has 0 amide bonds. The summed E-state index contributed by atoms with van der Waals surface area (Å²) in [6.45, 7) is 0.219. The summed E-state index contributed by atoms with van der Waals surface area (Å²) in [5.74, 6) is 2.08. The number of ether oxygens (including phenoxy) is 2. The molecule has 2 heterocycles. The van der Waals surface area contributed by atoms with Crippen molar-refractivity contribution in [1.29, 1.82) is 0 Å². The molecule has 28 heavy (non-hydrogen) atoms. The predicted octanol–water partition coefficient (Wildman–Crippen LogP) is 4.36. The van der Waals surface area contributed by atoms with Crippen molar-refractivity contribution >= 4 is 5.97 Å². The van der Waals surface area contributed by atoms with Gasteiger partial charge in [-0.3, -0.25) is 0 Å². The Kier molecular flexibility index (Phi) is 4.88. The Hall–Kier alpha value is -3.87. The van der Waals surface area contributed by atoms with Crippen molar-refractivity contribution in [2.45, 2.75) is 6.61 Å². The lowest BCUT2D eigenvalue weighted by Crippen LogP contribution is -2.01. The summed E-state index contributed by atoms with van der Waals surface area (Å²) in [6, 6.07) is 19.7. The molecule has 0 saturated carbocycles. The Labute approximate surface area is 160 Å². The number of carbonyl (C=O) groups is 1. The van der Waals surface area contributed by atoms with Crippen molar-refractivity contribution in [1.82, 2.24) is 10.1 Å². The highest BCUT2D eigenvalue weighted by Gasteiger charge is 2.14. The van der Waals surface area contributed by atoms with Crippen LogP contribution in [0.1, 0.15) is 16.1 Å². The molecular formula is C21H16N2O5. The number of nitrogens with zero attached hydrogens (tertiary/aromatic N) is 2. The van der Waals surface area contributed by atoms with Gasteiger partial charge in [0, 0.05) is 5.56 Å². The summed E-state index contributed by atoms with van der Waals surface area (Å²) in [7, 11) is 1.34. The van der Waals surface area contributed by atoms with E-state index in [0.29, 0.717) is 34.5 Å². The summed E-state index contributed by atoms with van der Waals surface area (Å²) < 4.78 is 21.3. The zero-order valence-electron chi connectivity index (χ0n) is 15.0. The second-order valence-corrected chi connectivity index (χ2v) is 5.86. The van der Waals surface area contributed by atoms with E-state index in [1.807, 2.05) is 30.3 Å². The van der Waals surface area contributed by atoms with E-state index in [1.165, 1.54) is 7.11 Å². The van der Waals surface area contributed by atoms with Crippen LogP contribution in [0.2, 0.25) is 0 Å². The first kappa shape index (κ1) is 17.5. The van der Waals surface area contributed by atoms with Crippen LogP contribution < -0.4 is 4.74 Å². The maximum Gasteiger partial charge on any atom is 0.337 e. The van der Waals surface area contributed by atoms with E-state index < -0.39 is 5.97 Å². The second kappa shape index (κ2) is 7.79. The van der Waals surface area contributed by atoms with Crippen molar-refractivity contribution in [3.63, 3.8) is 0 Å². The molecule has 2 aromatic carbocycles. The minimum atomic E-state index is -0.392. The first-order chi connectivity index (χ1) is 13.7. The molecule has 4 aromatic rings. The lowest BCUT2D eigenvalue weighted by atomic mass is 10.2. The number of aromatic nitrogens is 2. The molecule has 7 nitrogen and oxygen atoms in total. The van der Waals surface area contributed by atoms with Crippen LogP contribution in [-0.2, 0) is 11.3 Å². The van der Waals surface area contributed by atoms with Gasteiger partial charge in [-0.25, -0.2) is 4.79 Å². The minimum Gasteiger partial charge on any atom is -0.486 e. The molecule has 0 aliphatic carbocycles. The molecule has 0 atom stereocenters. The maximum absolute atomic E-state index is 11.4. The summed E-state index contributed by atoms with van der Waals surface area (Å²) in [5, 5.41) is 3.98. The van der Waals surface area contributed by atoms with Gasteiger partial charge in [0.05, 0.1) is 12.7 Å². The average Bonchev–Trinajstić information content (AvgIpc) is 3.42. The molecule has 0 bridgehead atoms. The molecule has 0 saturated heterocycles. The zero-order chi connectivity index (χ0) is 19.3. The largest absolute Gasteiger partial charge is 0.486 e. The fourth-order valence-corrected chi connectivity index (χ4v) is 2.56. The fourth-order valence-electron chi connectivity index (χ4n) is 2.56. The van der Waals surface area contributed by atoms with Crippen LogP contribution in [0.15, 0.2) is 75.7 Å². The molecule has 0 radical (unpaired) electrons. The van der Waals surface area contributed by atoms with Gasteiger partial charge in [-0.1, -0.05) is 35.5 Å². The Morgan fingerprint density at radius 1 is 1.00 bits per heavy atom. The van der Waals surface area contributed by atoms with E-state index in [4.69, 9.17) is 13.7 Å². The minimum absolute atomic E-state index is 0.219. The third-order valence-electron chi connectivity index (χ3n) is 3.99. The first-order valence-electron chi connectivity index (χ1n) is 8.52. The van der Waals surface area contributed by atoms with Gasteiger partial charge in [0.15, 0.2) is 5.76 Å². The zero-order valence-corrected chi connectivity index (χ0v) is 15.0. The van der Waals surface area contributed by atoms with Crippen molar-refractivity contribution in [3.8, 4) is 28.8 Å². The number of methoxy groups -OCH3 is 1. The lowest BCUT2D eigenvalue weighted by Gasteiger charge is -2.05. The highest BCUT2D eigenvalue weighted by Crippen LogP contribution is 2.24. The van der Waals surface area contributed by atoms with Crippen LogP contribution in [0.3, 0.4) is 0 Å². The molecule has 0 N–H and O–H groups in total. The Bertz CT molecular complexity index is 1070. The molecule has 140 valence electrons. The second-order valence-electron chi connectivity index (χ2n) is 5.86. The molecule has 0 aliphatic heterocycles. The Morgan fingerprint density at radius 2 is 1.79 bits per heavy atom. The number of esters is 1. The topological polar surface area (TPSA) is 87.6 Å². The highest BCUT2D eigenvalue weighted by atomic mass is 16.5. The molecule has 7 heteroatoms. The molecule has 0 spiro atoms. The first-order valence-corrected chi connectivity index (χ1v) is 8.52. The van der Waals surface area contributed by atoms with E-state index in [1.54, 1.807) is 36.4 Å². The molecule has 2 aromatic heterocycles. The number of carbonyl (C=O) groups excluding carboxylic acids is 1. The number of hydrogen-bond donors (Lipinski definition) is 0. The van der Waals surface area contributed by atoms with E-state index in [0.717, 1.165) is 5.56 Å². The monoisotopic (exact) mass is 376 g/mol. The van der Waals surface area contributed by atoms with Crippen molar-refractivity contribution < 1.29 is 23.2 Å². The Morgan fingerprint density at radius 3 is 2.54 bits per heavy atom. The van der Waals surface area contributed by atoms with Crippen molar-refractivity contribution in [2.24, 2.45) is 0 Å². The molecular weight excluding hydrogens is 360 g/mol. The number of rotatable bonds is 6. The van der Waals surface area contributed by atoms with Gasteiger partial charge in [-0.15, -0.1) is 0 Å². The average molecular weight is 376 g/mol. The highest BCUT2D eigenvalue weighted by molar-refractivity contribution is 5.89. The van der Waals surface area contributed by atoms with Gasteiger partial charge in [-0.2, -0.15) is 4.98 Å². The molecule has 0 aliphatic rings. The summed E-state index contributed by atoms with van der Waals surface area (Å²) in [4.78, 5) is 15.8. The molecule has 0 unspecified atom stereocenters. The molecule has 4 rings (SSSR count). The van der Waals surface area contributed by atoms with Gasteiger partial charge < -0.3 is 18.4 Å². The summed E-state index contributed by atoms with van der Waals surface area (Å²) >= 11 is 0. The smallest absolute Gasteiger partial charge is 0.337 e. The molecule has 0 fully saturated rings. The SMILES string of the molecule is COC(=O)c1ccc(OCc2ccc(-c3nc(-c4ccccc4)no3)o2)cc1. The normalized spacial score (nSPS) is 10.6. The Balaban J connectivity index is 1.41. The van der Waals surface area contributed by atoms with Gasteiger partial charge in [0.25, 0.3) is 5.89 Å². The van der Waals surface area contributed by atoms with Crippen LogP contribution in [0.4, 0.5) is 0 Å². The number of furan rings is 1. The third kappa shape index (κ3) is 3.78. The third-order valence-corrected chi connectivity index (χ3v) is 3.99. The standard InChI is InChI=1S/C21H16N2O5/c1-25-21(24)15-7-9-16(10-8-15)26-13-17-11-12-18(27-17)20-22-19(23-28-20)14-5-3-2-4-6-14/h2-12H,13H2,1H3. The van der Waals surface area contributed by atoms with Gasteiger partial charge in [0.2, 0.25) is 5.82 Å². The van der Waals surface area contributed by atoms with Crippen LogP contribution in [0.25, 0.3) is 23.0 Å². The van der Waals surface area contributed by atoms with Gasteiger partial charge >= 0.3 is 5.97 Å². The fraction of sp³-hybridized carbons (Fsp3) is 0.0952. The van der Waals surface area contributed by atoms with Crippen molar-refractivity contribution in [3.05, 3.63) is 78.1 Å². The van der Waals surface area contributed by atoms with Gasteiger partial charge in [0.1, 0.15) is 18.1 Å². The van der Waals surface area contributed by atoms with E-state index in [9.17, 15) is 4.79 Å². The lowest BCUT2D eigenvalue weighted by molar-refractivity contribution is 0.0600. The van der Waals surface area contributed by atoms with E-state index in [-0.39, 0.29) is 6.61 Å². The quantitative estimate of drug-likeness (QED) is 0.462. The van der Waals surface area contributed by atoms with Crippen LogP contribution in [-0.4, -0.2) is 23.2 Å². The van der Waals surface area contributed by atoms with E-state index >= 15 is 0 Å². The predicted molar refractivity (Wildman–Crippen MR) is 99.5 cm³/mol. The summed E-state index contributed by atoms with van der Waals surface area (Å²) in [5.41, 5.74) is 1.32. The van der Waals surface area contributed by atoms with Crippen LogP contribution >= 0.6 is 0 Å². The van der Waals surface area contributed by atoms with Crippen molar-refractivity contribution in [2.75, 3.05) is 7.11 Å². The maximum atomic E-state index is 11.4. The number of hydrogen-bond acceptors (Lipinski definition) is 7.